The van der Waals surface area contributed by atoms with Crippen molar-refractivity contribution in [1.29, 1.82) is 0 Å². The van der Waals surface area contributed by atoms with Crippen molar-refractivity contribution in [3.05, 3.63) is 5.01 Å². The van der Waals surface area contributed by atoms with Crippen LogP contribution in [0.3, 0.4) is 0 Å². The SMILES string of the molecule is Nc1nnc(C(=O)N2CCCC2)s1. The molecule has 70 valence electrons. The molecule has 0 spiro atoms. The van der Waals surface area contributed by atoms with E-state index >= 15 is 0 Å². The van der Waals surface area contributed by atoms with Crippen molar-refractivity contribution in [3.63, 3.8) is 0 Å². The number of rotatable bonds is 1. The minimum Gasteiger partial charge on any atom is -0.374 e. The van der Waals surface area contributed by atoms with E-state index in [4.69, 9.17) is 5.73 Å². The predicted octanol–water partition coefficient (Wildman–Crippen LogP) is 0.356. The Morgan fingerprint density at radius 3 is 2.62 bits per heavy atom. The molecule has 1 aliphatic heterocycles. The molecule has 0 aromatic carbocycles. The van der Waals surface area contributed by atoms with Crippen LogP contribution in [-0.2, 0) is 0 Å². The quantitative estimate of drug-likeness (QED) is 0.707. The minimum atomic E-state index is -0.0355. The summed E-state index contributed by atoms with van der Waals surface area (Å²) in [5.41, 5.74) is 5.39. The molecule has 6 heteroatoms. The van der Waals surface area contributed by atoms with E-state index in [1.54, 1.807) is 4.90 Å². The van der Waals surface area contributed by atoms with Gasteiger partial charge in [0.1, 0.15) is 0 Å². The van der Waals surface area contributed by atoms with Gasteiger partial charge in [0, 0.05) is 13.1 Å². The van der Waals surface area contributed by atoms with Crippen LogP contribution in [-0.4, -0.2) is 34.1 Å². The summed E-state index contributed by atoms with van der Waals surface area (Å²) in [4.78, 5) is 13.4. The largest absolute Gasteiger partial charge is 0.374 e. The third-order valence-electron chi connectivity index (χ3n) is 2.02. The summed E-state index contributed by atoms with van der Waals surface area (Å²) in [7, 11) is 0. The average molecular weight is 198 g/mol. The van der Waals surface area contributed by atoms with Gasteiger partial charge < -0.3 is 10.6 Å². The number of carbonyl (C=O) groups is 1. The van der Waals surface area contributed by atoms with Gasteiger partial charge in [0.25, 0.3) is 5.91 Å². The zero-order valence-corrected chi connectivity index (χ0v) is 7.88. The first-order valence-electron chi connectivity index (χ1n) is 4.15. The third-order valence-corrected chi connectivity index (χ3v) is 2.76. The summed E-state index contributed by atoms with van der Waals surface area (Å²) in [5.74, 6) is -0.0355. The van der Waals surface area contributed by atoms with Crippen molar-refractivity contribution in [1.82, 2.24) is 15.1 Å². The summed E-state index contributed by atoms with van der Waals surface area (Å²) in [6.07, 6.45) is 2.17. The van der Waals surface area contributed by atoms with Crippen LogP contribution in [0.2, 0.25) is 0 Å². The number of amides is 1. The van der Waals surface area contributed by atoms with Crippen LogP contribution in [0.15, 0.2) is 0 Å². The fourth-order valence-corrected chi connectivity index (χ4v) is 1.95. The molecule has 0 saturated carbocycles. The van der Waals surface area contributed by atoms with Crippen LogP contribution in [0.25, 0.3) is 0 Å². The molecule has 1 amide bonds. The zero-order valence-electron chi connectivity index (χ0n) is 7.06. The number of nitrogens with zero attached hydrogens (tertiary/aromatic N) is 3. The highest BCUT2D eigenvalue weighted by atomic mass is 32.1. The molecule has 1 fully saturated rings. The van der Waals surface area contributed by atoms with Gasteiger partial charge in [-0.05, 0) is 12.8 Å². The van der Waals surface area contributed by atoms with E-state index in [1.807, 2.05) is 0 Å². The molecule has 1 aromatic rings. The van der Waals surface area contributed by atoms with Crippen molar-refractivity contribution >= 4 is 22.4 Å². The third kappa shape index (κ3) is 1.62. The molecular weight excluding hydrogens is 188 g/mol. The van der Waals surface area contributed by atoms with Crippen molar-refractivity contribution in [2.45, 2.75) is 12.8 Å². The van der Waals surface area contributed by atoms with Gasteiger partial charge in [-0.2, -0.15) is 0 Å². The fraction of sp³-hybridized carbons (Fsp3) is 0.571. The molecule has 0 unspecified atom stereocenters. The van der Waals surface area contributed by atoms with Crippen molar-refractivity contribution in [2.75, 3.05) is 18.8 Å². The monoisotopic (exact) mass is 198 g/mol. The standard InChI is InChI=1S/C7H10N4OS/c8-7-10-9-5(13-7)6(12)11-3-1-2-4-11/h1-4H2,(H2,8,10). The van der Waals surface area contributed by atoms with Gasteiger partial charge in [-0.15, -0.1) is 10.2 Å². The number of carbonyl (C=O) groups excluding carboxylic acids is 1. The van der Waals surface area contributed by atoms with Crippen molar-refractivity contribution < 1.29 is 4.79 Å². The molecule has 0 atom stereocenters. The number of nitrogens with two attached hydrogens (primary N) is 1. The second-order valence-electron chi connectivity index (χ2n) is 2.94. The summed E-state index contributed by atoms with van der Waals surface area (Å²) >= 11 is 1.15. The maximum Gasteiger partial charge on any atom is 0.284 e. The van der Waals surface area contributed by atoms with Gasteiger partial charge in [-0.1, -0.05) is 11.3 Å². The lowest BCUT2D eigenvalue weighted by atomic mass is 10.4. The summed E-state index contributed by atoms with van der Waals surface area (Å²) in [6, 6.07) is 0. The Hall–Kier alpha value is -1.17. The Morgan fingerprint density at radius 2 is 2.08 bits per heavy atom. The first kappa shape index (κ1) is 8.43. The molecule has 1 aromatic heterocycles. The highest BCUT2D eigenvalue weighted by molar-refractivity contribution is 7.16. The Kier molecular flexibility index (Phi) is 2.13. The molecule has 2 N–H and O–H groups in total. The van der Waals surface area contributed by atoms with E-state index in [1.165, 1.54) is 0 Å². The summed E-state index contributed by atoms with van der Waals surface area (Å²) in [5, 5.41) is 8.07. The number of anilines is 1. The Morgan fingerprint density at radius 1 is 1.38 bits per heavy atom. The normalized spacial score (nSPS) is 16.5. The van der Waals surface area contributed by atoms with Gasteiger partial charge in [0.2, 0.25) is 10.1 Å². The summed E-state index contributed by atoms with van der Waals surface area (Å²) in [6.45, 7) is 1.66. The van der Waals surface area contributed by atoms with E-state index < -0.39 is 0 Å². The van der Waals surface area contributed by atoms with E-state index in [-0.39, 0.29) is 5.91 Å². The highest BCUT2D eigenvalue weighted by Gasteiger charge is 2.22. The number of likely N-dealkylation sites (tertiary alicyclic amines) is 1. The number of hydrogen-bond donors (Lipinski definition) is 1. The molecule has 1 aliphatic rings. The number of hydrogen-bond acceptors (Lipinski definition) is 5. The van der Waals surface area contributed by atoms with E-state index in [2.05, 4.69) is 10.2 Å². The van der Waals surface area contributed by atoms with Crippen LogP contribution >= 0.6 is 11.3 Å². The molecule has 1 saturated heterocycles. The Labute approximate surface area is 79.6 Å². The van der Waals surface area contributed by atoms with Crippen molar-refractivity contribution in [2.24, 2.45) is 0 Å². The molecule has 0 aliphatic carbocycles. The van der Waals surface area contributed by atoms with Crippen LogP contribution in [0.4, 0.5) is 5.13 Å². The zero-order chi connectivity index (χ0) is 9.26. The lowest BCUT2D eigenvalue weighted by Gasteiger charge is -2.11. The van der Waals surface area contributed by atoms with Crippen LogP contribution in [0, 0.1) is 0 Å². The second-order valence-corrected chi connectivity index (χ2v) is 3.95. The lowest BCUT2D eigenvalue weighted by molar-refractivity contribution is 0.0791. The van der Waals surface area contributed by atoms with E-state index in [9.17, 15) is 4.79 Å². The smallest absolute Gasteiger partial charge is 0.284 e. The average Bonchev–Trinajstić information content (AvgIpc) is 2.72. The summed E-state index contributed by atoms with van der Waals surface area (Å²) < 4.78 is 0. The second kappa shape index (κ2) is 3.29. The topological polar surface area (TPSA) is 72.1 Å². The van der Waals surface area contributed by atoms with Crippen LogP contribution in [0.5, 0.6) is 0 Å². The maximum absolute atomic E-state index is 11.6. The molecule has 2 heterocycles. The molecular formula is C7H10N4OS. The van der Waals surface area contributed by atoms with Gasteiger partial charge in [-0.3, -0.25) is 4.79 Å². The predicted molar refractivity (Wildman–Crippen MR) is 49.5 cm³/mol. The molecule has 0 bridgehead atoms. The molecule has 0 radical (unpaired) electrons. The van der Waals surface area contributed by atoms with Crippen LogP contribution < -0.4 is 5.73 Å². The maximum atomic E-state index is 11.6. The van der Waals surface area contributed by atoms with Gasteiger partial charge in [-0.25, -0.2) is 0 Å². The van der Waals surface area contributed by atoms with Gasteiger partial charge in [0.15, 0.2) is 0 Å². The van der Waals surface area contributed by atoms with E-state index in [0.29, 0.717) is 10.1 Å². The lowest BCUT2D eigenvalue weighted by Crippen LogP contribution is -2.27. The first-order chi connectivity index (χ1) is 6.27. The Bertz CT molecular complexity index is 318. The van der Waals surface area contributed by atoms with Gasteiger partial charge in [0.05, 0.1) is 0 Å². The number of nitrogen functional groups attached to an aromatic ring is 1. The van der Waals surface area contributed by atoms with Crippen LogP contribution in [0.1, 0.15) is 22.6 Å². The molecule has 2 rings (SSSR count). The Balaban J connectivity index is 2.12. The van der Waals surface area contributed by atoms with E-state index in [0.717, 1.165) is 37.3 Å². The first-order valence-corrected chi connectivity index (χ1v) is 4.97. The minimum absolute atomic E-state index is 0.0355. The highest BCUT2D eigenvalue weighted by Crippen LogP contribution is 2.16. The molecule has 13 heavy (non-hydrogen) atoms. The van der Waals surface area contributed by atoms with Crippen molar-refractivity contribution in [3.8, 4) is 0 Å². The molecule has 5 nitrogen and oxygen atoms in total. The van der Waals surface area contributed by atoms with Gasteiger partial charge >= 0.3 is 0 Å². The fourth-order valence-electron chi connectivity index (χ4n) is 1.38. The number of aromatic nitrogens is 2.